The standard InChI is InChI=1S/C22H17Cl2NS/c23-18-11-9-16(10-12-18)13-25-14-22(19-6-2-4-8-21(19)25)26-15-17-5-1-3-7-20(17)24/h1-12,14H,13,15H2. The molecule has 0 unspecified atom stereocenters. The molecule has 0 atom stereocenters. The minimum Gasteiger partial charge on any atom is -0.342 e. The lowest BCUT2D eigenvalue weighted by Gasteiger charge is -2.05. The van der Waals surface area contributed by atoms with Gasteiger partial charge in [0.15, 0.2) is 0 Å². The van der Waals surface area contributed by atoms with Crippen LogP contribution in [-0.4, -0.2) is 4.57 Å². The Morgan fingerprint density at radius 1 is 0.808 bits per heavy atom. The van der Waals surface area contributed by atoms with Gasteiger partial charge in [-0.15, -0.1) is 11.8 Å². The maximum Gasteiger partial charge on any atom is 0.0495 e. The van der Waals surface area contributed by atoms with Crippen molar-refractivity contribution in [2.24, 2.45) is 0 Å². The Morgan fingerprint density at radius 2 is 1.54 bits per heavy atom. The normalized spacial score (nSPS) is 11.2. The molecule has 130 valence electrons. The van der Waals surface area contributed by atoms with E-state index in [1.165, 1.54) is 21.4 Å². The van der Waals surface area contributed by atoms with Crippen LogP contribution in [0.2, 0.25) is 10.0 Å². The van der Waals surface area contributed by atoms with E-state index in [4.69, 9.17) is 23.2 Å². The fourth-order valence-electron chi connectivity index (χ4n) is 3.02. The van der Waals surface area contributed by atoms with Crippen LogP contribution in [0.3, 0.4) is 0 Å². The molecular weight excluding hydrogens is 381 g/mol. The second-order valence-corrected chi connectivity index (χ2v) is 8.01. The molecule has 4 heteroatoms. The SMILES string of the molecule is Clc1ccc(Cn2cc(SCc3ccccc3Cl)c3ccccc32)cc1. The van der Waals surface area contributed by atoms with E-state index in [9.17, 15) is 0 Å². The van der Waals surface area contributed by atoms with Crippen LogP contribution in [0.25, 0.3) is 10.9 Å². The van der Waals surface area contributed by atoms with Crippen molar-refractivity contribution in [1.82, 2.24) is 4.57 Å². The number of rotatable bonds is 5. The minimum atomic E-state index is 0.766. The van der Waals surface area contributed by atoms with Crippen LogP contribution in [0, 0.1) is 0 Å². The van der Waals surface area contributed by atoms with Gasteiger partial charge < -0.3 is 4.57 Å². The highest BCUT2D eigenvalue weighted by molar-refractivity contribution is 7.98. The molecule has 0 fully saturated rings. The molecule has 0 N–H and O–H groups in total. The first-order valence-electron chi connectivity index (χ1n) is 8.39. The van der Waals surface area contributed by atoms with Crippen molar-refractivity contribution in [1.29, 1.82) is 0 Å². The van der Waals surface area contributed by atoms with Crippen molar-refractivity contribution in [3.8, 4) is 0 Å². The van der Waals surface area contributed by atoms with Gasteiger partial charge in [-0.3, -0.25) is 0 Å². The maximum atomic E-state index is 6.30. The second-order valence-electron chi connectivity index (χ2n) is 6.14. The van der Waals surface area contributed by atoms with Crippen molar-refractivity contribution in [3.63, 3.8) is 0 Å². The first-order chi connectivity index (χ1) is 12.7. The van der Waals surface area contributed by atoms with Crippen LogP contribution < -0.4 is 0 Å². The zero-order valence-corrected chi connectivity index (χ0v) is 16.4. The molecule has 0 saturated heterocycles. The third kappa shape index (κ3) is 3.78. The number of benzene rings is 3. The summed E-state index contributed by atoms with van der Waals surface area (Å²) in [6, 6.07) is 24.6. The smallest absolute Gasteiger partial charge is 0.0495 e. The van der Waals surface area contributed by atoms with E-state index in [2.05, 4.69) is 53.2 Å². The molecule has 26 heavy (non-hydrogen) atoms. The number of aromatic nitrogens is 1. The van der Waals surface area contributed by atoms with Gasteiger partial charge in [0.05, 0.1) is 0 Å². The Bertz CT molecular complexity index is 1040. The van der Waals surface area contributed by atoms with Crippen molar-refractivity contribution < 1.29 is 0 Å². The topological polar surface area (TPSA) is 4.93 Å². The maximum absolute atomic E-state index is 6.30. The van der Waals surface area contributed by atoms with Gasteiger partial charge in [0.2, 0.25) is 0 Å². The summed E-state index contributed by atoms with van der Waals surface area (Å²) in [5.74, 6) is 0.856. The summed E-state index contributed by atoms with van der Waals surface area (Å²) in [5, 5.41) is 2.87. The predicted octanol–water partition coefficient (Wildman–Crippen LogP) is 7.29. The molecule has 0 spiro atoms. The molecule has 0 aliphatic carbocycles. The van der Waals surface area contributed by atoms with Crippen LogP contribution in [0.15, 0.2) is 83.9 Å². The fraction of sp³-hybridized carbons (Fsp3) is 0.0909. The van der Waals surface area contributed by atoms with Gasteiger partial charge in [-0.05, 0) is 35.4 Å². The summed E-state index contributed by atoms with van der Waals surface area (Å²) in [7, 11) is 0. The summed E-state index contributed by atoms with van der Waals surface area (Å²) in [6.45, 7) is 0.824. The molecule has 0 bridgehead atoms. The largest absolute Gasteiger partial charge is 0.342 e. The van der Waals surface area contributed by atoms with Gasteiger partial charge in [0, 0.05) is 44.3 Å². The molecule has 0 aliphatic rings. The van der Waals surface area contributed by atoms with Gasteiger partial charge in [-0.25, -0.2) is 0 Å². The average Bonchev–Trinajstić information content (AvgIpc) is 3.01. The highest BCUT2D eigenvalue weighted by Gasteiger charge is 2.10. The van der Waals surface area contributed by atoms with E-state index in [1.807, 2.05) is 42.1 Å². The van der Waals surface area contributed by atoms with Crippen LogP contribution in [-0.2, 0) is 12.3 Å². The molecule has 4 aromatic rings. The molecule has 0 aliphatic heterocycles. The first-order valence-corrected chi connectivity index (χ1v) is 10.1. The van der Waals surface area contributed by atoms with E-state index in [0.29, 0.717) is 0 Å². The van der Waals surface area contributed by atoms with Crippen molar-refractivity contribution in [3.05, 3.63) is 100 Å². The summed E-state index contributed by atoms with van der Waals surface area (Å²) in [5.41, 5.74) is 3.63. The van der Waals surface area contributed by atoms with Crippen LogP contribution in [0.5, 0.6) is 0 Å². The van der Waals surface area contributed by atoms with Crippen LogP contribution in [0.1, 0.15) is 11.1 Å². The molecular formula is C22H17Cl2NS. The number of fused-ring (bicyclic) bond motifs is 1. The Kier molecular flexibility index (Phi) is 5.26. The Balaban J connectivity index is 1.63. The van der Waals surface area contributed by atoms with Gasteiger partial charge in [-0.1, -0.05) is 71.7 Å². The molecule has 3 aromatic carbocycles. The number of hydrogen-bond donors (Lipinski definition) is 0. The van der Waals surface area contributed by atoms with Crippen molar-refractivity contribution >= 4 is 45.9 Å². The Labute approximate surface area is 167 Å². The van der Waals surface area contributed by atoms with E-state index in [-0.39, 0.29) is 0 Å². The van der Waals surface area contributed by atoms with Crippen molar-refractivity contribution in [2.75, 3.05) is 0 Å². The van der Waals surface area contributed by atoms with Crippen LogP contribution >= 0.6 is 35.0 Å². The molecule has 0 saturated carbocycles. The highest BCUT2D eigenvalue weighted by Crippen LogP contribution is 2.34. The lowest BCUT2D eigenvalue weighted by Crippen LogP contribution is -1.97. The number of para-hydroxylation sites is 1. The number of hydrogen-bond acceptors (Lipinski definition) is 1. The molecule has 0 radical (unpaired) electrons. The number of halogens is 2. The first kappa shape index (κ1) is 17.5. The van der Waals surface area contributed by atoms with Gasteiger partial charge in [-0.2, -0.15) is 0 Å². The number of nitrogens with zero attached hydrogens (tertiary/aromatic N) is 1. The summed E-state index contributed by atoms with van der Waals surface area (Å²) < 4.78 is 2.30. The predicted molar refractivity (Wildman–Crippen MR) is 114 cm³/mol. The highest BCUT2D eigenvalue weighted by atomic mass is 35.5. The third-order valence-electron chi connectivity index (χ3n) is 4.36. The van der Waals surface area contributed by atoms with Gasteiger partial charge in [0.1, 0.15) is 0 Å². The van der Waals surface area contributed by atoms with Gasteiger partial charge >= 0.3 is 0 Å². The summed E-state index contributed by atoms with van der Waals surface area (Å²) in [6.07, 6.45) is 2.24. The van der Waals surface area contributed by atoms with E-state index in [1.54, 1.807) is 0 Å². The second kappa shape index (κ2) is 7.79. The van der Waals surface area contributed by atoms with E-state index in [0.717, 1.165) is 27.9 Å². The molecule has 1 heterocycles. The summed E-state index contributed by atoms with van der Waals surface area (Å²) >= 11 is 14.1. The van der Waals surface area contributed by atoms with Crippen LogP contribution in [0.4, 0.5) is 0 Å². The lowest BCUT2D eigenvalue weighted by molar-refractivity contribution is 0.830. The van der Waals surface area contributed by atoms with Gasteiger partial charge in [0.25, 0.3) is 0 Å². The zero-order valence-electron chi connectivity index (χ0n) is 14.0. The lowest BCUT2D eigenvalue weighted by atomic mass is 10.2. The Hall–Kier alpha value is -1.87. The monoisotopic (exact) mass is 397 g/mol. The van der Waals surface area contributed by atoms with E-state index >= 15 is 0 Å². The molecule has 1 nitrogen and oxygen atoms in total. The molecule has 1 aromatic heterocycles. The Morgan fingerprint density at radius 3 is 2.35 bits per heavy atom. The van der Waals surface area contributed by atoms with E-state index < -0.39 is 0 Å². The quantitative estimate of drug-likeness (QED) is 0.320. The minimum absolute atomic E-state index is 0.766. The molecule has 4 rings (SSSR count). The average molecular weight is 398 g/mol. The summed E-state index contributed by atoms with van der Waals surface area (Å²) in [4.78, 5) is 1.27. The number of thioether (sulfide) groups is 1. The fourth-order valence-corrected chi connectivity index (χ4v) is 4.52. The molecule has 0 amide bonds. The third-order valence-corrected chi connectivity index (χ3v) is 6.07. The zero-order chi connectivity index (χ0) is 17.9. The van der Waals surface area contributed by atoms with Crippen molar-refractivity contribution in [2.45, 2.75) is 17.2 Å².